The summed E-state index contributed by atoms with van der Waals surface area (Å²) in [6.45, 7) is 0.187. The van der Waals surface area contributed by atoms with Gasteiger partial charge in [0.1, 0.15) is 0 Å². The molecule has 0 aliphatic carbocycles. The predicted molar refractivity (Wildman–Crippen MR) is 55.7 cm³/mol. The van der Waals surface area contributed by atoms with E-state index in [1.54, 1.807) is 6.20 Å². The van der Waals surface area contributed by atoms with Gasteiger partial charge in [0.05, 0.1) is 11.4 Å². The Hall–Kier alpha value is -1.43. The lowest BCUT2D eigenvalue weighted by molar-refractivity contribution is -0.136. The SMILES string of the molecule is O=C(O)CCNC(=O)CCc1nccs1. The van der Waals surface area contributed by atoms with Crippen molar-refractivity contribution in [2.24, 2.45) is 0 Å². The fourth-order valence-corrected chi connectivity index (χ4v) is 1.61. The number of aryl methyl sites for hydroxylation is 1. The monoisotopic (exact) mass is 228 g/mol. The highest BCUT2D eigenvalue weighted by Gasteiger charge is 2.04. The first kappa shape index (κ1) is 11.6. The van der Waals surface area contributed by atoms with E-state index in [0.29, 0.717) is 12.8 Å². The molecule has 5 nitrogen and oxygen atoms in total. The van der Waals surface area contributed by atoms with Gasteiger partial charge in [-0.15, -0.1) is 11.3 Å². The van der Waals surface area contributed by atoms with E-state index in [-0.39, 0.29) is 18.9 Å². The van der Waals surface area contributed by atoms with Gasteiger partial charge in [-0.3, -0.25) is 9.59 Å². The molecule has 1 rings (SSSR count). The molecule has 0 unspecified atom stereocenters. The summed E-state index contributed by atoms with van der Waals surface area (Å²) in [6.07, 6.45) is 2.62. The van der Waals surface area contributed by atoms with Crippen molar-refractivity contribution < 1.29 is 14.7 Å². The van der Waals surface area contributed by atoms with Crippen molar-refractivity contribution >= 4 is 23.2 Å². The van der Waals surface area contributed by atoms with Crippen LogP contribution in [-0.4, -0.2) is 28.5 Å². The van der Waals surface area contributed by atoms with Gasteiger partial charge in [-0.25, -0.2) is 4.98 Å². The van der Waals surface area contributed by atoms with E-state index >= 15 is 0 Å². The van der Waals surface area contributed by atoms with Gasteiger partial charge < -0.3 is 10.4 Å². The standard InChI is InChI=1S/C9H12N2O3S/c12-7(10-4-3-9(13)14)1-2-8-11-5-6-15-8/h5-6H,1-4H2,(H,10,12)(H,13,14). The average molecular weight is 228 g/mol. The van der Waals surface area contributed by atoms with Crippen LogP contribution in [0.15, 0.2) is 11.6 Å². The summed E-state index contributed by atoms with van der Waals surface area (Å²) < 4.78 is 0. The van der Waals surface area contributed by atoms with Crippen LogP contribution in [0.4, 0.5) is 0 Å². The molecular formula is C9H12N2O3S. The Morgan fingerprint density at radius 2 is 2.27 bits per heavy atom. The van der Waals surface area contributed by atoms with Gasteiger partial charge in [-0.2, -0.15) is 0 Å². The molecule has 0 radical (unpaired) electrons. The van der Waals surface area contributed by atoms with Crippen LogP contribution in [-0.2, 0) is 16.0 Å². The molecule has 0 aliphatic rings. The van der Waals surface area contributed by atoms with Crippen LogP contribution < -0.4 is 5.32 Å². The van der Waals surface area contributed by atoms with E-state index in [1.807, 2.05) is 5.38 Å². The summed E-state index contributed by atoms with van der Waals surface area (Å²) in [6, 6.07) is 0. The molecule has 6 heteroatoms. The molecule has 0 fully saturated rings. The summed E-state index contributed by atoms with van der Waals surface area (Å²) in [5.74, 6) is -1.04. The number of carboxylic acids is 1. The number of aliphatic carboxylic acids is 1. The molecule has 0 saturated carbocycles. The largest absolute Gasteiger partial charge is 0.481 e. The second-order valence-electron chi connectivity index (χ2n) is 2.92. The van der Waals surface area contributed by atoms with Crippen molar-refractivity contribution in [1.29, 1.82) is 0 Å². The Kier molecular flexibility index (Phi) is 4.76. The molecule has 0 atom stereocenters. The van der Waals surface area contributed by atoms with Crippen LogP contribution >= 0.6 is 11.3 Å². The zero-order valence-corrected chi connectivity index (χ0v) is 8.92. The minimum Gasteiger partial charge on any atom is -0.481 e. The number of hydrogen-bond donors (Lipinski definition) is 2. The van der Waals surface area contributed by atoms with Gasteiger partial charge >= 0.3 is 5.97 Å². The highest BCUT2D eigenvalue weighted by molar-refractivity contribution is 7.09. The van der Waals surface area contributed by atoms with Crippen molar-refractivity contribution in [3.05, 3.63) is 16.6 Å². The van der Waals surface area contributed by atoms with E-state index in [9.17, 15) is 9.59 Å². The Labute approximate surface area is 91.1 Å². The maximum atomic E-state index is 11.2. The lowest BCUT2D eigenvalue weighted by Crippen LogP contribution is -2.26. The van der Waals surface area contributed by atoms with Crippen molar-refractivity contribution in [3.8, 4) is 0 Å². The smallest absolute Gasteiger partial charge is 0.305 e. The molecule has 1 heterocycles. The van der Waals surface area contributed by atoms with Crippen molar-refractivity contribution in [2.45, 2.75) is 19.3 Å². The molecule has 1 aromatic heterocycles. The average Bonchev–Trinajstić information content (AvgIpc) is 2.66. The summed E-state index contributed by atoms with van der Waals surface area (Å²) >= 11 is 1.51. The van der Waals surface area contributed by atoms with Crippen LogP contribution in [0.2, 0.25) is 0 Å². The van der Waals surface area contributed by atoms with E-state index in [2.05, 4.69) is 10.3 Å². The normalized spacial score (nSPS) is 9.87. The first-order chi connectivity index (χ1) is 7.18. The summed E-state index contributed by atoms with van der Waals surface area (Å²) in [4.78, 5) is 25.4. The van der Waals surface area contributed by atoms with E-state index in [0.717, 1.165) is 5.01 Å². The minimum atomic E-state index is -0.907. The summed E-state index contributed by atoms with van der Waals surface area (Å²) in [5.41, 5.74) is 0. The number of carbonyl (C=O) groups excluding carboxylic acids is 1. The van der Waals surface area contributed by atoms with Gasteiger partial charge in [0.15, 0.2) is 0 Å². The fraction of sp³-hybridized carbons (Fsp3) is 0.444. The number of rotatable bonds is 6. The maximum Gasteiger partial charge on any atom is 0.305 e. The van der Waals surface area contributed by atoms with Crippen molar-refractivity contribution in [2.75, 3.05) is 6.54 Å². The molecular weight excluding hydrogens is 216 g/mol. The lowest BCUT2D eigenvalue weighted by Gasteiger charge is -2.01. The van der Waals surface area contributed by atoms with Gasteiger partial charge in [-0.05, 0) is 0 Å². The number of nitrogens with zero attached hydrogens (tertiary/aromatic N) is 1. The van der Waals surface area contributed by atoms with Crippen LogP contribution in [0.1, 0.15) is 17.8 Å². The topological polar surface area (TPSA) is 79.3 Å². The number of aromatic nitrogens is 1. The number of carboxylic acid groups (broad SMARTS) is 1. The Bertz CT molecular complexity index is 324. The lowest BCUT2D eigenvalue weighted by atomic mass is 10.3. The van der Waals surface area contributed by atoms with Gasteiger partial charge in [0.25, 0.3) is 0 Å². The second-order valence-corrected chi connectivity index (χ2v) is 3.90. The zero-order chi connectivity index (χ0) is 11.1. The number of thiazole rings is 1. The third kappa shape index (κ3) is 5.11. The van der Waals surface area contributed by atoms with Crippen molar-refractivity contribution in [3.63, 3.8) is 0 Å². The molecule has 2 N–H and O–H groups in total. The Balaban J connectivity index is 2.11. The number of carbonyl (C=O) groups is 2. The summed E-state index contributed by atoms with van der Waals surface area (Å²) in [5, 5.41) is 13.7. The first-order valence-electron chi connectivity index (χ1n) is 4.55. The third-order valence-electron chi connectivity index (χ3n) is 1.71. The van der Waals surface area contributed by atoms with Gasteiger partial charge in [0, 0.05) is 31.0 Å². The van der Waals surface area contributed by atoms with Crippen LogP contribution in [0.5, 0.6) is 0 Å². The van der Waals surface area contributed by atoms with Crippen LogP contribution in [0.25, 0.3) is 0 Å². The zero-order valence-electron chi connectivity index (χ0n) is 8.10. The number of hydrogen-bond acceptors (Lipinski definition) is 4. The fourth-order valence-electron chi connectivity index (χ4n) is 0.994. The van der Waals surface area contributed by atoms with Gasteiger partial charge in [0.2, 0.25) is 5.91 Å². The maximum absolute atomic E-state index is 11.2. The van der Waals surface area contributed by atoms with E-state index in [1.165, 1.54) is 11.3 Å². The third-order valence-corrected chi connectivity index (χ3v) is 2.55. The number of nitrogens with one attached hydrogen (secondary N) is 1. The molecule has 0 spiro atoms. The molecule has 1 aromatic rings. The summed E-state index contributed by atoms with van der Waals surface area (Å²) in [7, 11) is 0. The molecule has 0 aromatic carbocycles. The molecule has 0 bridgehead atoms. The minimum absolute atomic E-state index is 0.0387. The molecule has 0 aliphatic heterocycles. The molecule has 0 saturated heterocycles. The Morgan fingerprint density at radius 1 is 1.47 bits per heavy atom. The highest BCUT2D eigenvalue weighted by Crippen LogP contribution is 2.06. The van der Waals surface area contributed by atoms with Crippen LogP contribution in [0.3, 0.4) is 0 Å². The Morgan fingerprint density at radius 3 is 2.87 bits per heavy atom. The molecule has 1 amide bonds. The predicted octanol–water partition coefficient (Wildman–Crippen LogP) is 0.667. The highest BCUT2D eigenvalue weighted by atomic mass is 32.1. The van der Waals surface area contributed by atoms with Gasteiger partial charge in [-0.1, -0.05) is 0 Å². The molecule has 15 heavy (non-hydrogen) atoms. The van der Waals surface area contributed by atoms with Crippen molar-refractivity contribution in [1.82, 2.24) is 10.3 Å². The van der Waals surface area contributed by atoms with Crippen LogP contribution in [0, 0.1) is 0 Å². The second kappa shape index (κ2) is 6.13. The molecule has 82 valence electrons. The quantitative estimate of drug-likeness (QED) is 0.750. The number of amides is 1. The van der Waals surface area contributed by atoms with E-state index in [4.69, 9.17) is 5.11 Å². The first-order valence-corrected chi connectivity index (χ1v) is 5.43. The van der Waals surface area contributed by atoms with E-state index < -0.39 is 5.97 Å².